The molecule has 0 N–H and O–H groups in total. The van der Waals surface area contributed by atoms with Crippen molar-refractivity contribution in [1.29, 1.82) is 5.26 Å². The summed E-state index contributed by atoms with van der Waals surface area (Å²) >= 11 is 2.96. The Hall–Kier alpha value is -2.27. The molecule has 21 heavy (non-hydrogen) atoms. The van der Waals surface area contributed by atoms with E-state index in [2.05, 4.69) is 25.7 Å². The Morgan fingerprint density at radius 1 is 1.24 bits per heavy atom. The van der Waals surface area contributed by atoms with Crippen molar-refractivity contribution in [2.45, 2.75) is 6.36 Å². The summed E-state index contributed by atoms with van der Waals surface area (Å²) in [6.07, 6.45) is -3.34. The van der Waals surface area contributed by atoms with Gasteiger partial charge in [0, 0.05) is 6.20 Å². The van der Waals surface area contributed by atoms with Crippen molar-refractivity contribution >= 4 is 15.9 Å². The minimum absolute atomic E-state index is 0.0618. The Bertz CT molecular complexity index is 699. The number of nitriles is 1. The van der Waals surface area contributed by atoms with Crippen LogP contribution in [0.15, 0.2) is 41.0 Å². The summed E-state index contributed by atoms with van der Waals surface area (Å²) in [4.78, 5) is 3.89. The Balaban J connectivity index is 2.23. The zero-order chi connectivity index (χ0) is 15.5. The molecular weight excluding hydrogens is 353 g/mol. The number of nitrogens with zero attached hydrogens (tertiary/aromatic N) is 2. The maximum atomic E-state index is 12.1. The summed E-state index contributed by atoms with van der Waals surface area (Å²) < 4.78 is 45.7. The molecule has 0 atom stereocenters. The first-order valence-electron chi connectivity index (χ1n) is 5.47. The maximum Gasteiger partial charge on any atom is 0.573 e. The van der Waals surface area contributed by atoms with Crippen molar-refractivity contribution in [3.63, 3.8) is 0 Å². The van der Waals surface area contributed by atoms with E-state index in [0.29, 0.717) is 0 Å². The van der Waals surface area contributed by atoms with Gasteiger partial charge >= 0.3 is 6.36 Å². The van der Waals surface area contributed by atoms with Crippen LogP contribution in [-0.4, -0.2) is 11.3 Å². The highest BCUT2D eigenvalue weighted by atomic mass is 79.9. The lowest BCUT2D eigenvalue weighted by molar-refractivity contribution is -0.274. The normalized spacial score (nSPS) is 10.8. The molecule has 0 radical (unpaired) electrons. The molecular formula is C13H6BrF3N2O2. The molecule has 0 spiro atoms. The van der Waals surface area contributed by atoms with Crippen molar-refractivity contribution < 1.29 is 22.6 Å². The van der Waals surface area contributed by atoms with Gasteiger partial charge in [-0.25, -0.2) is 4.98 Å². The van der Waals surface area contributed by atoms with E-state index in [1.807, 2.05) is 6.07 Å². The van der Waals surface area contributed by atoms with Crippen LogP contribution in [-0.2, 0) is 0 Å². The predicted molar refractivity (Wildman–Crippen MR) is 69.9 cm³/mol. The van der Waals surface area contributed by atoms with Gasteiger partial charge in [-0.2, -0.15) is 5.26 Å². The van der Waals surface area contributed by atoms with E-state index < -0.39 is 12.1 Å². The molecule has 0 aliphatic heterocycles. The molecule has 1 aromatic carbocycles. The van der Waals surface area contributed by atoms with E-state index in [4.69, 9.17) is 10.00 Å². The van der Waals surface area contributed by atoms with E-state index in [-0.39, 0.29) is 21.7 Å². The number of benzene rings is 1. The van der Waals surface area contributed by atoms with Gasteiger partial charge < -0.3 is 9.47 Å². The summed E-state index contributed by atoms with van der Waals surface area (Å²) in [5, 5.41) is 8.90. The molecule has 0 unspecified atom stereocenters. The van der Waals surface area contributed by atoms with Crippen LogP contribution in [0.2, 0.25) is 0 Å². The second-order valence-corrected chi connectivity index (χ2v) is 4.56. The number of alkyl halides is 3. The average molecular weight is 359 g/mol. The van der Waals surface area contributed by atoms with Gasteiger partial charge in [0.1, 0.15) is 23.1 Å². The van der Waals surface area contributed by atoms with Crippen molar-refractivity contribution in [3.8, 4) is 23.4 Å². The number of hydrogen-bond donors (Lipinski definition) is 0. The number of rotatable bonds is 3. The van der Waals surface area contributed by atoms with E-state index in [1.54, 1.807) is 6.07 Å². The second-order valence-electron chi connectivity index (χ2n) is 3.71. The van der Waals surface area contributed by atoms with E-state index in [1.165, 1.54) is 24.4 Å². The Morgan fingerprint density at radius 2 is 2.00 bits per heavy atom. The molecule has 0 aliphatic rings. The minimum atomic E-state index is -4.78. The Labute approximate surface area is 125 Å². The average Bonchev–Trinajstić information content (AvgIpc) is 2.41. The first-order valence-corrected chi connectivity index (χ1v) is 6.26. The summed E-state index contributed by atoms with van der Waals surface area (Å²) in [7, 11) is 0. The van der Waals surface area contributed by atoms with Gasteiger partial charge in [-0.1, -0.05) is 0 Å². The highest BCUT2D eigenvalue weighted by Gasteiger charge is 2.32. The Morgan fingerprint density at radius 3 is 2.62 bits per heavy atom. The summed E-state index contributed by atoms with van der Waals surface area (Å²) in [6, 6.07) is 8.65. The quantitative estimate of drug-likeness (QED) is 0.815. The molecule has 8 heteroatoms. The summed E-state index contributed by atoms with van der Waals surface area (Å²) in [6.45, 7) is 0. The fourth-order valence-electron chi connectivity index (χ4n) is 1.42. The van der Waals surface area contributed by atoms with Gasteiger partial charge in [0.25, 0.3) is 0 Å². The van der Waals surface area contributed by atoms with Crippen molar-refractivity contribution in [2.24, 2.45) is 0 Å². The van der Waals surface area contributed by atoms with Crippen molar-refractivity contribution in [1.82, 2.24) is 4.98 Å². The molecule has 0 amide bonds. The van der Waals surface area contributed by atoms with Gasteiger partial charge in [0.05, 0.1) is 4.47 Å². The van der Waals surface area contributed by atoms with Crippen molar-refractivity contribution in [2.75, 3.05) is 0 Å². The largest absolute Gasteiger partial charge is 0.573 e. The van der Waals surface area contributed by atoms with Gasteiger partial charge in [-0.05, 0) is 46.3 Å². The topological polar surface area (TPSA) is 55.1 Å². The Kier molecular flexibility index (Phi) is 4.33. The lowest BCUT2D eigenvalue weighted by Gasteiger charge is -2.12. The summed E-state index contributed by atoms with van der Waals surface area (Å²) in [5.41, 5.74) is 0.212. The molecule has 0 saturated heterocycles. The second kappa shape index (κ2) is 6.01. The van der Waals surface area contributed by atoms with Gasteiger partial charge in [0.2, 0.25) is 5.88 Å². The molecule has 1 aromatic heterocycles. The zero-order valence-electron chi connectivity index (χ0n) is 10.2. The van der Waals surface area contributed by atoms with Crippen LogP contribution in [0.25, 0.3) is 0 Å². The molecule has 0 aliphatic carbocycles. The monoisotopic (exact) mass is 358 g/mol. The standard InChI is InChI=1S/C13H6BrF3N2O2/c14-10-6-9(3-4-11(10)21-13(15,16)17)20-12-8(7-18)2-1-5-19-12/h1-6H. The van der Waals surface area contributed by atoms with Crippen LogP contribution in [0.4, 0.5) is 13.2 Å². The highest BCUT2D eigenvalue weighted by Crippen LogP contribution is 2.34. The number of ether oxygens (including phenoxy) is 2. The lowest BCUT2D eigenvalue weighted by Crippen LogP contribution is -2.17. The molecule has 2 aromatic rings. The number of halogens is 4. The predicted octanol–water partition coefficient (Wildman–Crippen LogP) is 4.41. The van der Waals surface area contributed by atoms with E-state index in [9.17, 15) is 13.2 Å². The minimum Gasteiger partial charge on any atom is -0.438 e. The third kappa shape index (κ3) is 4.10. The molecule has 108 valence electrons. The first kappa shape index (κ1) is 15.1. The fraction of sp³-hybridized carbons (Fsp3) is 0.0769. The smallest absolute Gasteiger partial charge is 0.438 e. The molecule has 4 nitrogen and oxygen atoms in total. The van der Waals surface area contributed by atoms with Crippen LogP contribution in [0.1, 0.15) is 5.56 Å². The van der Waals surface area contributed by atoms with Gasteiger partial charge in [-0.15, -0.1) is 13.2 Å². The van der Waals surface area contributed by atoms with E-state index in [0.717, 1.165) is 6.07 Å². The molecule has 0 bridgehead atoms. The van der Waals surface area contributed by atoms with Crippen LogP contribution >= 0.6 is 15.9 Å². The number of aromatic nitrogens is 1. The zero-order valence-corrected chi connectivity index (χ0v) is 11.8. The van der Waals surface area contributed by atoms with E-state index >= 15 is 0 Å². The molecule has 2 rings (SSSR count). The number of hydrogen-bond acceptors (Lipinski definition) is 4. The van der Waals surface area contributed by atoms with Crippen LogP contribution in [0.3, 0.4) is 0 Å². The SMILES string of the molecule is N#Cc1cccnc1Oc1ccc(OC(F)(F)F)c(Br)c1. The lowest BCUT2D eigenvalue weighted by atomic mass is 10.3. The highest BCUT2D eigenvalue weighted by molar-refractivity contribution is 9.10. The molecule has 0 saturated carbocycles. The van der Waals surface area contributed by atoms with Crippen LogP contribution in [0.5, 0.6) is 17.4 Å². The van der Waals surface area contributed by atoms with Gasteiger partial charge in [0.15, 0.2) is 0 Å². The van der Waals surface area contributed by atoms with Crippen LogP contribution < -0.4 is 9.47 Å². The first-order chi connectivity index (χ1) is 9.89. The molecule has 1 heterocycles. The summed E-state index contributed by atoms with van der Waals surface area (Å²) in [5.74, 6) is -0.112. The third-order valence-corrected chi connectivity index (χ3v) is 2.85. The van der Waals surface area contributed by atoms with Gasteiger partial charge in [-0.3, -0.25) is 0 Å². The molecule has 0 fully saturated rings. The third-order valence-electron chi connectivity index (χ3n) is 2.24. The number of pyridine rings is 1. The maximum absolute atomic E-state index is 12.1. The van der Waals surface area contributed by atoms with Crippen LogP contribution in [0, 0.1) is 11.3 Å². The fourth-order valence-corrected chi connectivity index (χ4v) is 1.86. The van der Waals surface area contributed by atoms with Crippen molar-refractivity contribution in [3.05, 3.63) is 46.6 Å².